The zero-order chi connectivity index (χ0) is 21.6. The van der Waals surface area contributed by atoms with Crippen LogP contribution in [0.25, 0.3) is 23.1 Å². The molecule has 0 saturated heterocycles. The van der Waals surface area contributed by atoms with Crippen LogP contribution in [-0.2, 0) is 0 Å². The Morgan fingerprint density at radius 3 is 2.65 bits per heavy atom. The van der Waals surface area contributed by atoms with Gasteiger partial charge in [0.2, 0.25) is 0 Å². The third-order valence-corrected chi connectivity index (χ3v) is 4.47. The van der Waals surface area contributed by atoms with Crippen LogP contribution < -0.4 is 15.1 Å². The van der Waals surface area contributed by atoms with E-state index >= 15 is 0 Å². The van der Waals surface area contributed by atoms with E-state index in [1.165, 1.54) is 6.07 Å². The number of carbonyl (C=O) groups excluding carboxylic acids is 1. The average molecular weight is 413 g/mol. The first-order valence-corrected chi connectivity index (χ1v) is 9.75. The molecule has 0 aliphatic carbocycles. The van der Waals surface area contributed by atoms with Crippen molar-refractivity contribution in [2.45, 2.75) is 6.92 Å². The summed E-state index contributed by atoms with van der Waals surface area (Å²) in [5, 5.41) is 0.633. The summed E-state index contributed by atoms with van der Waals surface area (Å²) in [6.45, 7) is 2.22. The first kappa shape index (κ1) is 20.1. The number of hydrogen-bond donors (Lipinski definition) is 0. The van der Waals surface area contributed by atoms with Crippen molar-refractivity contribution >= 4 is 29.1 Å². The van der Waals surface area contributed by atoms with Gasteiger partial charge >= 0.3 is 11.6 Å². The van der Waals surface area contributed by atoms with E-state index < -0.39 is 11.6 Å². The molecule has 0 amide bonds. The number of ether oxygens (including phenoxy) is 2. The van der Waals surface area contributed by atoms with E-state index in [2.05, 4.69) is 4.98 Å². The summed E-state index contributed by atoms with van der Waals surface area (Å²) >= 11 is 0. The molecule has 0 radical (unpaired) electrons. The van der Waals surface area contributed by atoms with Gasteiger partial charge in [-0.3, -0.25) is 4.98 Å². The smallest absolute Gasteiger partial charge is 0.351 e. The standard InChI is InChI=1S/C25H19NO5/c1-2-29-23-15-17(10-12-19-8-5-6-14-26-19)11-13-22(23)31-25(28)20-16-18-7-3-4-9-21(18)30-24(20)27/h3-16H,2H2,1H3/b12-10+. The van der Waals surface area contributed by atoms with E-state index in [-0.39, 0.29) is 11.3 Å². The Morgan fingerprint density at radius 2 is 1.84 bits per heavy atom. The molecule has 2 aromatic carbocycles. The van der Waals surface area contributed by atoms with Gasteiger partial charge in [0.1, 0.15) is 11.1 Å². The minimum atomic E-state index is -0.808. The zero-order valence-electron chi connectivity index (χ0n) is 16.8. The van der Waals surface area contributed by atoms with Crippen molar-refractivity contribution in [1.82, 2.24) is 4.98 Å². The molecule has 0 fully saturated rings. The summed E-state index contributed by atoms with van der Waals surface area (Å²) in [5.74, 6) is -0.198. The summed E-state index contributed by atoms with van der Waals surface area (Å²) in [7, 11) is 0. The number of rotatable bonds is 6. The van der Waals surface area contributed by atoms with Crippen LogP contribution >= 0.6 is 0 Å². The molecule has 4 rings (SSSR count). The van der Waals surface area contributed by atoms with Gasteiger partial charge in [-0.2, -0.15) is 0 Å². The molecule has 4 aromatic rings. The second-order valence-electron chi connectivity index (χ2n) is 6.60. The molecule has 154 valence electrons. The summed E-state index contributed by atoms with van der Waals surface area (Å²) in [6, 6.07) is 19.3. The van der Waals surface area contributed by atoms with E-state index in [0.29, 0.717) is 23.3 Å². The Kier molecular flexibility index (Phi) is 5.89. The highest BCUT2D eigenvalue weighted by molar-refractivity contribution is 5.94. The van der Waals surface area contributed by atoms with Crippen molar-refractivity contribution in [3.8, 4) is 11.5 Å². The fourth-order valence-corrected chi connectivity index (χ4v) is 3.00. The SMILES string of the molecule is CCOc1cc(/C=C/c2ccccn2)ccc1OC(=O)c1cc2ccccc2oc1=O. The lowest BCUT2D eigenvalue weighted by Crippen LogP contribution is -2.19. The van der Waals surface area contributed by atoms with E-state index in [1.54, 1.807) is 48.7 Å². The second-order valence-corrected chi connectivity index (χ2v) is 6.60. The van der Waals surface area contributed by atoms with Crippen LogP contribution in [-0.4, -0.2) is 17.6 Å². The van der Waals surface area contributed by atoms with Crippen molar-refractivity contribution in [1.29, 1.82) is 0 Å². The van der Waals surface area contributed by atoms with E-state index in [4.69, 9.17) is 13.9 Å². The lowest BCUT2D eigenvalue weighted by Gasteiger charge is -2.11. The van der Waals surface area contributed by atoms with Crippen molar-refractivity contribution in [2.75, 3.05) is 6.61 Å². The maximum Gasteiger partial charge on any atom is 0.351 e. The van der Waals surface area contributed by atoms with Crippen LogP contribution in [0.5, 0.6) is 11.5 Å². The van der Waals surface area contributed by atoms with E-state index in [0.717, 1.165) is 11.3 Å². The Morgan fingerprint density at radius 1 is 1.00 bits per heavy atom. The lowest BCUT2D eigenvalue weighted by atomic mass is 10.1. The highest BCUT2D eigenvalue weighted by Gasteiger charge is 2.18. The molecule has 0 aliphatic heterocycles. The summed E-state index contributed by atoms with van der Waals surface area (Å²) in [4.78, 5) is 29.2. The fourth-order valence-electron chi connectivity index (χ4n) is 3.00. The number of pyridine rings is 1. The Labute approximate surface area is 178 Å². The Bertz CT molecular complexity index is 1310. The molecule has 2 aromatic heterocycles. The molecule has 0 atom stereocenters. The van der Waals surface area contributed by atoms with Crippen LogP contribution in [0.3, 0.4) is 0 Å². The second kappa shape index (κ2) is 9.09. The largest absolute Gasteiger partial charge is 0.490 e. The zero-order valence-corrected chi connectivity index (χ0v) is 16.8. The van der Waals surface area contributed by atoms with Crippen LogP contribution in [0.4, 0.5) is 0 Å². The van der Waals surface area contributed by atoms with Gasteiger partial charge in [-0.1, -0.05) is 36.4 Å². The van der Waals surface area contributed by atoms with Crippen LogP contribution in [0.15, 0.2) is 82.1 Å². The van der Waals surface area contributed by atoms with Gasteiger partial charge in [0.05, 0.1) is 12.3 Å². The van der Waals surface area contributed by atoms with E-state index in [9.17, 15) is 9.59 Å². The summed E-state index contributed by atoms with van der Waals surface area (Å²) in [6.07, 6.45) is 5.47. The minimum absolute atomic E-state index is 0.180. The predicted octanol–water partition coefficient (Wildman–Crippen LogP) is 4.98. The highest BCUT2D eigenvalue weighted by Crippen LogP contribution is 2.30. The molecule has 6 nitrogen and oxygen atoms in total. The van der Waals surface area contributed by atoms with Gasteiger partial charge in [-0.05, 0) is 55.0 Å². The maximum atomic E-state index is 12.7. The monoisotopic (exact) mass is 413 g/mol. The van der Waals surface area contributed by atoms with Crippen LogP contribution in [0.2, 0.25) is 0 Å². The van der Waals surface area contributed by atoms with Crippen LogP contribution in [0, 0.1) is 0 Å². The maximum absolute atomic E-state index is 12.7. The molecule has 0 aliphatic rings. The Hall–Kier alpha value is -4.19. The normalized spacial score (nSPS) is 11.0. The van der Waals surface area contributed by atoms with Gasteiger partial charge < -0.3 is 13.9 Å². The molecular formula is C25H19NO5. The number of aromatic nitrogens is 1. The first-order valence-electron chi connectivity index (χ1n) is 9.75. The Balaban J connectivity index is 1.60. The fraction of sp³-hybridized carbons (Fsp3) is 0.0800. The number of hydrogen-bond acceptors (Lipinski definition) is 6. The van der Waals surface area contributed by atoms with Crippen molar-refractivity contribution in [3.05, 3.63) is 100 Å². The first-order chi connectivity index (χ1) is 15.1. The summed E-state index contributed by atoms with van der Waals surface area (Å²) < 4.78 is 16.3. The third kappa shape index (κ3) is 4.70. The van der Waals surface area contributed by atoms with Gasteiger partial charge in [0, 0.05) is 11.6 Å². The predicted molar refractivity (Wildman–Crippen MR) is 118 cm³/mol. The molecule has 31 heavy (non-hydrogen) atoms. The number of benzene rings is 2. The van der Waals surface area contributed by atoms with Gasteiger partial charge in [0.15, 0.2) is 11.5 Å². The molecular weight excluding hydrogens is 394 g/mol. The molecule has 0 unspecified atom stereocenters. The number of esters is 1. The number of para-hydroxylation sites is 1. The number of nitrogens with zero attached hydrogens (tertiary/aromatic N) is 1. The van der Waals surface area contributed by atoms with Gasteiger partial charge in [0.25, 0.3) is 0 Å². The minimum Gasteiger partial charge on any atom is -0.490 e. The third-order valence-electron chi connectivity index (χ3n) is 4.47. The van der Waals surface area contributed by atoms with Crippen molar-refractivity contribution in [3.63, 3.8) is 0 Å². The van der Waals surface area contributed by atoms with Crippen molar-refractivity contribution < 1.29 is 18.7 Å². The molecule has 6 heteroatoms. The van der Waals surface area contributed by atoms with Crippen LogP contribution in [0.1, 0.15) is 28.5 Å². The molecule has 0 N–H and O–H groups in total. The molecule has 0 bridgehead atoms. The average Bonchev–Trinajstić information content (AvgIpc) is 2.79. The van der Waals surface area contributed by atoms with E-state index in [1.807, 2.05) is 37.3 Å². The van der Waals surface area contributed by atoms with Gasteiger partial charge in [-0.15, -0.1) is 0 Å². The molecule has 2 heterocycles. The molecule has 0 saturated carbocycles. The van der Waals surface area contributed by atoms with Gasteiger partial charge in [-0.25, -0.2) is 9.59 Å². The number of carbonyl (C=O) groups is 1. The highest BCUT2D eigenvalue weighted by atomic mass is 16.6. The van der Waals surface area contributed by atoms with Crippen molar-refractivity contribution in [2.24, 2.45) is 0 Å². The topological polar surface area (TPSA) is 78.6 Å². The summed E-state index contributed by atoms with van der Waals surface area (Å²) in [5.41, 5.74) is 1.14. The lowest BCUT2D eigenvalue weighted by molar-refractivity contribution is 0.0724. The molecule has 0 spiro atoms. The quantitative estimate of drug-likeness (QED) is 0.252. The number of fused-ring (bicyclic) bond motifs is 1.